The lowest BCUT2D eigenvalue weighted by molar-refractivity contribution is -0.242. The highest BCUT2D eigenvalue weighted by atomic mass is 35.5. The van der Waals surface area contributed by atoms with Gasteiger partial charge in [-0.2, -0.15) is 21.6 Å². The molecule has 1 aromatic carbocycles. The molecule has 4 rings (SSSR count). The summed E-state index contributed by atoms with van der Waals surface area (Å²) in [7, 11) is -4.48. The number of aromatic nitrogens is 2. The largest absolute Gasteiger partial charge is 0.484 e. The number of rotatable bonds is 7. The fourth-order valence-corrected chi connectivity index (χ4v) is 6.57. The summed E-state index contributed by atoms with van der Waals surface area (Å²) in [6.45, 7) is 3.36. The molecule has 0 fully saturated rings. The first-order valence-corrected chi connectivity index (χ1v) is 14.5. The summed E-state index contributed by atoms with van der Waals surface area (Å²) in [5.41, 5.74) is -4.67. The van der Waals surface area contributed by atoms with Gasteiger partial charge < -0.3 is 19.9 Å². The van der Waals surface area contributed by atoms with Crippen molar-refractivity contribution in [2.75, 3.05) is 22.7 Å². The summed E-state index contributed by atoms with van der Waals surface area (Å²) in [6, 6.07) is 3.75. The van der Waals surface area contributed by atoms with Crippen molar-refractivity contribution in [3.05, 3.63) is 34.9 Å². The molecule has 0 saturated heterocycles. The number of carbonyl (C=O) groups excluding carboxylic acids is 2. The van der Waals surface area contributed by atoms with Gasteiger partial charge in [-0.3, -0.25) is 18.8 Å². The molecule has 0 spiro atoms. The molecule has 1 aliphatic rings. The van der Waals surface area contributed by atoms with Crippen molar-refractivity contribution < 1.29 is 45.8 Å². The van der Waals surface area contributed by atoms with Crippen LogP contribution in [0.5, 0.6) is 5.75 Å². The van der Waals surface area contributed by atoms with E-state index in [2.05, 4.69) is 20.4 Å². The van der Waals surface area contributed by atoms with E-state index in [-0.39, 0.29) is 40.4 Å². The van der Waals surface area contributed by atoms with Crippen LogP contribution in [0.15, 0.2) is 34.8 Å². The van der Waals surface area contributed by atoms with Crippen LogP contribution in [0.3, 0.4) is 0 Å². The molecule has 224 valence electrons. The minimum absolute atomic E-state index is 0.0130. The number of benzene rings is 1. The molecule has 0 radical (unpaired) electrons. The van der Waals surface area contributed by atoms with Gasteiger partial charge in [-0.1, -0.05) is 11.6 Å². The number of carbonyl (C=O) groups is 2. The van der Waals surface area contributed by atoms with Crippen LogP contribution in [0.2, 0.25) is 5.15 Å². The zero-order valence-electron chi connectivity index (χ0n) is 21.9. The molecule has 0 aliphatic carbocycles. The summed E-state index contributed by atoms with van der Waals surface area (Å²) < 4.78 is 80.1. The van der Waals surface area contributed by atoms with E-state index < -0.39 is 45.5 Å². The van der Waals surface area contributed by atoms with Gasteiger partial charge in [-0.25, -0.2) is 9.78 Å². The lowest BCUT2D eigenvalue weighted by Gasteiger charge is -2.36. The first-order chi connectivity index (χ1) is 18.8. The first-order valence-electron chi connectivity index (χ1n) is 11.8. The molecular formula is C23H25ClF3N5O7S2. The Hall–Kier alpha value is -3.28. The van der Waals surface area contributed by atoms with Gasteiger partial charge in [-0.15, -0.1) is 11.3 Å². The van der Waals surface area contributed by atoms with Crippen LogP contribution in [-0.2, 0) is 19.6 Å². The van der Waals surface area contributed by atoms with Crippen LogP contribution in [0.25, 0.3) is 4.96 Å². The second-order valence-corrected chi connectivity index (χ2v) is 13.0. The van der Waals surface area contributed by atoms with Crippen LogP contribution in [0, 0.1) is 0 Å². The Bertz CT molecular complexity index is 1600. The molecular weight excluding hydrogens is 615 g/mol. The van der Waals surface area contributed by atoms with Gasteiger partial charge in [0.05, 0.1) is 18.8 Å². The van der Waals surface area contributed by atoms with Crippen LogP contribution in [0.4, 0.5) is 29.3 Å². The standard InChI is InChI=1S/C23H25ClF3N5O7S2/c1-21(2,35)18(33)28-10-13-11-32(41(36,37)17-16(24)30-19-31(17)7-8-40-19)14-9-12(5-6-15(14)38-13)29-20(34)39-22(3,4)23(25,26)27/h5-9,13,35H,10-11H2,1-4H3,(H,28,33)(H,29,34). The van der Waals surface area contributed by atoms with Crippen molar-refractivity contribution in [3.8, 4) is 5.75 Å². The third-order valence-corrected chi connectivity index (χ3v) is 8.86. The molecule has 1 atom stereocenters. The van der Waals surface area contributed by atoms with E-state index in [4.69, 9.17) is 16.3 Å². The molecule has 3 aromatic rings. The topological polar surface area (TPSA) is 152 Å². The number of hydrogen-bond donors (Lipinski definition) is 3. The monoisotopic (exact) mass is 639 g/mol. The number of thiazole rings is 1. The van der Waals surface area contributed by atoms with Crippen molar-refractivity contribution in [2.24, 2.45) is 0 Å². The number of ether oxygens (including phenoxy) is 2. The lowest BCUT2D eigenvalue weighted by atomic mass is 10.1. The molecule has 41 heavy (non-hydrogen) atoms. The highest BCUT2D eigenvalue weighted by molar-refractivity contribution is 7.92. The molecule has 3 heterocycles. The Balaban J connectivity index is 1.70. The zero-order valence-corrected chi connectivity index (χ0v) is 24.3. The van der Waals surface area contributed by atoms with Gasteiger partial charge in [0, 0.05) is 17.3 Å². The van der Waals surface area contributed by atoms with Gasteiger partial charge in [-0.05, 0) is 45.9 Å². The maximum absolute atomic E-state index is 14.0. The van der Waals surface area contributed by atoms with E-state index in [9.17, 15) is 36.3 Å². The van der Waals surface area contributed by atoms with Crippen molar-refractivity contribution in [1.82, 2.24) is 14.7 Å². The van der Waals surface area contributed by atoms with Gasteiger partial charge in [0.15, 0.2) is 15.1 Å². The third kappa shape index (κ3) is 6.17. The van der Waals surface area contributed by atoms with E-state index in [1.807, 2.05) is 0 Å². The predicted molar refractivity (Wildman–Crippen MR) is 143 cm³/mol. The van der Waals surface area contributed by atoms with Gasteiger partial charge in [0.25, 0.3) is 15.9 Å². The Morgan fingerprint density at radius 2 is 1.95 bits per heavy atom. The number of fused-ring (bicyclic) bond motifs is 2. The summed E-state index contributed by atoms with van der Waals surface area (Å²) in [6.07, 6.45) is -5.74. The summed E-state index contributed by atoms with van der Waals surface area (Å²) in [4.78, 5) is 28.8. The number of imidazole rings is 1. The highest BCUT2D eigenvalue weighted by Crippen LogP contribution is 2.41. The summed E-state index contributed by atoms with van der Waals surface area (Å²) >= 11 is 7.36. The van der Waals surface area contributed by atoms with E-state index in [0.29, 0.717) is 18.8 Å². The predicted octanol–water partition coefficient (Wildman–Crippen LogP) is 3.78. The van der Waals surface area contributed by atoms with E-state index >= 15 is 0 Å². The number of alkyl halides is 3. The number of anilines is 2. The second kappa shape index (κ2) is 10.5. The Morgan fingerprint density at radius 3 is 2.59 bits per heavy atom. The number of halogens is 4. The quantitative estimate of drug-likeness (QED) is 0.353. The first kappa shape index (κ1) is 30.7. The Labute approximate surface area is 241 Å². The van der Waals surface area contributed by atoms with E-state index in [0.717, 1.165) is 15.6 Å². The molecule has 3 N–H and O–H groups in total. The molecule has 0 saturated carbocycles. The Morgan fingerprint density at radius 1 is 1.27 bits per heavy atom. The van der Waals surface area contributed by atoms with Gasteiger partial charge in [0.2, 0.25) is 5.60 Å². The number of amides is 2. The van der Waals surface area contributed by atoms with Crippen molar-refractivity contribution >= 4 is 61.3 Å². The molecule has 2 aromatic heterocycles. The average molecular weight is 640 g/mol. The van der Waals surface area contributed by atoms with E-state index in [1.54, 1.807) is 5.38 Å². The van der Waals surface area contributed by atoms with Crippen LogP contribution < -0.4 is 19.7 Å². The molecule has 2 amide bonds. The minimum atomic E-state index is -4.84. The van der Waals surface area contributed by atoms with Crippen LogP contribution >= 0.6 is 22.9 Å². The van der Waals surface area contributed by atoms with Crippen LogP contribution in [-0.4, -0.2) is 71.5 Å². The molecule has 0 bridgehead atoms. The number of nitrogens with zero attached hydrogens (tertiary/aromatic N) is 3. The molecule has 18 heteroatoms. The van der Waals surface area contributed by atoms with Crippen molar-refractivity contribution in [2.45, 2.75) is 56.2 Å². The van der Waals surface area contributed by atoms with Gasteiger partial charge >= 0.3 is 12.3 Å². The third-order valence-electron chi connectivity index (χ3n) is 5.93. The number of nitrogens with one attached hydrogen (secondary N) is 2. The number of aliphatic hydroxyl groups is 1. The SMILES string of the molecule is CC(C)(O)C(=O)NCC1CN(S(=O)(=O)c2c(Cl)nc3sccn23)c2cc(NC(=O)OC(C)(C)C(F)(F)F)ccc2O1. The number of sulfonamides is 1. The normalized spacial score (nSPS) is 16.2. The fraction of sp³-hybridized carbons (Fsp3) is 0.435. The average Bonchev–Trinajstić information content (AvgIpc) is 3.40. The summed E-state index contributed by atoms with van der Waals surface area (Å²) in [5.74, 6) is -0.709. The Kier molecular flexibility index (Phi) is 7.87. The maximum atomic E-state index is 14.0. The van der Waals surface area contributed by atoms with E-state index in [1.165, 1.54) is 42.6 Å². The molecule has 1 unspecified atom stereocenters. The zero-order chi connectivity index (χ0) is 30.5. The molecule has 1 aliphatic heterocycles. The fourth-order valence-electron chi connectivity index (χ4n) is 3.65. The van der Waals surface area contributed by atoms with Crippen LogP contribution in [0.1, 0.15) is 27.7 Å². The lowest BCUT2D eigenvalue weighted by Crippen LogP contribution is -2.51. The smallest absolute Gasteiger partial charge is 0.427 e. The van der Waals surface area contributed by atoms with Crippen molar-refractivity contribution in [1.29, 1.82) is 0 Å². The second-order valence-electron chi connectivity index (χ2n) is 10.0. The summed E-state index contributed by atoms with van der Waals surface area (Å²) in [5, 5.41) is 15.5. The molecule has 12 nitrogen and oxygen atoms in total. The maximum Gasteiger partial charge on any atom is 0.427 e. The van der Waals surface area contributed by atoms with Gasteiger partial charge in [0.1, 0.15) is 17.5 Å². The van der Waals surface area contributed by atoms with Crippen molar-refractivity contribution in [3.63, 3.8) is 0 Å². The minimum Gasteiger partial charge on any atom is -0.484 e. The number of hydrogen-bond acceptors (Lipinski definition) is 9. The highest BCUT2D eigenvalue weighted by Gasteiger charge is 2.51.